The summed E-state index contributed by atoms with van der Waals surface area (Å²) in [5, 5.41) is 2.41. The van der Waals surface area contributed by atoms with E-state index in [0.717, 1.165) is 6.08 Å². The van der Waals surface area contributed by atoms with Crippen LogP contribution in [0.25, 0.3) is 6.08 Å². The molecule has 0 radical (unpaired) electrons. The minimum atomic E-state index is -3.75. The van der Waals surface area contributed by atoms with E-state index in [1.165, 1.54) is 24.3 Å². The second-order valence-corrected chi connectivity index (χ2v) is 5.93. The number of esters is 1. The number of carbonyl (C=O) groups is 2. The molecule has 2 aliphatic rings. The molecule has 1 N–H and O–H groups in total. The van der Waals surface area contributed by atoms with Crippen LogP contribution in [0.15, 0.2) is 42.5 Å². The Morgan fingerprint density at radius 1 is 1.03 bits per heavy atom. The predicted molar refractivity (Wildman–Crippen MR) is 93.8 cm³/mol. The van der Waals surface area contributed by atoms with Gasteiger partial charge >= 0.3 is 12.3 Å². The monoisotopic (exact) mass is 405 g/mol. The third-order valence-corrected chi connectivity index (χ3v) is 3.84. The number of halogens is 2. The summed E-state index contributed by atoms with van der Waals surface area (Å²) in [6.45, 7) is -0.416. The van der Waals surface area contributed by atoms with Crippen LogP contribution in [0.3, 0.4) is 0 Å². The van der Waals surface area contributed by atoms with Crippen molar-refractivity contribution in [2.24, 2.45) is 0 Å². The van der Waals surface area contributed by atoms with Crippen molar-refractivity contribution in [1.29, 1.82) is 0 Å². The van der Waals surface area contributed by atoms with E-state index in [1.807, 2.05) is 0 Å². The second kappa shape index (κ2) is 7.30. The molecule has 0 atom stereocenters. The average Bonchev–Trinajstić information content (AvgIpc) is 3.26. The summed E-state index contributed by atoms with van der Waals surface area (Å²) < 4.78 is 49.8. The van der Waals surface area contributed by atoms with Gasteiger partial charge in [-0.1, -0.05) is 6.07 Å². The van der Waals surface area contributed by atoms with Gasteiger partial charge in [-0.25, -0.2) is 4.79 Å². The van der Waals surface area contributed by atoms with Crippen LogP contribution in [-0.2, 0) is 14.3 Å². The van der Waals surface area contributed by atoms with Crippen molar-refractivity contribution in [3.63, 3.8) is 0 Å². The molecule has 0 aliphatic carbocycles. The number of carbonyl (C=O) groups excluding carboxylic acids is 2. The highest BCUT2D eigenvalue weighted by atomic mass is 19.3. The Hall–Kier alpha value is -3.82. The van der Waals surface area contributed by atoms with Crippen molar-refractivity contribution in [2.45, 2.75) is 6.29 Å². The van der Waals surface area contributed by atoms with Crippen LogP contribution in [0, 0.1) is 0 Å². The highest BCUT2D eigenvalue weighted by molar-refractivity contribution is 5.95. The van der Waals surface area contributed by atoms with Crippen molar-refractivity contribution in [2.75, 3.05) is 18.7 Å². The van der Waals surface area contributed by atoms with Gasteiger partial charge in [0.05, 0.1) is 0 Å². The van der Waals surface area contributed by atoms with Crippen LogP contribution in [0.5, 0.6) is 23.0 Å². The van der Waals surface area contributed by atoms with Gasteiger partial charge in [-0.15, -0.1) is 8.78 Å². The average molecular weight is 405 g/mol. The standard InChI is InChI=1S/C19H13F2NO7/c20-19(21)28-14-5-3-12(8-16(14)29-19)22-17(23)9-25-18(24)6-2-11-1-4-13-15(7-11)27-10-26-13/h1-8H,9-10H2,(H,22,23). The Morgan fingerprint density at radius 2 is 1.79 bits per heavy atom. The molecule has 0 saturated heterocycles. The highest BCUT2D eigenvalue weighted by Crippen LogP contribution is 2.42. The number of nitrogens with one attached hydrogen (secondary N) is 1. The molecule has 0 aromatic heterocycles. The fraction of sp³-hybridized carbons (Fsp3) is 0.158. The van der Waals surface area contributed by atoms with Crippen LogP contribution in [0.1, 0.15) is 5.56 Å². The molecule has 29 heavy (non-hydrogen) atoms. The lowest BCUT2D eigenvalue weighted by Crippen LogP contribution is -2.25. The Balaban J connectivity index is 1.27. The van der Waals surface area contributed by atoms with E-state index in [1.54, 1.807) is 18.2 Å². The number of hydrogen-bond donors (Lipinski definition) is 1. The van der Waals surface area contributed by atoms with Crippen LogP contribution in [0.2, 0.25) is 0 Å². The molecule has 4 rings (SSSR count). The van der Waals surface area contributed by atoms with E-state index in [9.17, 15) is 18.4 Å². The number of rotatable bonds is 5. The van der Waals surface area contributed by atoms with Crippen molar-refractivity contribution < 1.29 is 42.1 Å². The van der Waals surface area contributed by atoms with Crippen LogP contribution in [0.4, 0.5) is 14.5 Å². The summed E-state index contributed by atoms with van der Waals surface area (Å²) in [6.07, 6.45) is -1.08. The molecular weight excluding hydrogens is 392 g/mol. The van der Waals surface area contributed by atoms with E-state index in [-0.39, 0.29) is 24.0 Å². The number of amides is 1. The molecule has 8 nitrogen and oxygen atoms in total. The molecule has 0 bridgehead atoms. The van der Waals surface area contributed by atoms with E-state index in [4.69, 9.17) is 14.2 Å². The molecule has 0 unspecified atom stereocenters. The molecule has 0 fully saturated rings. The predicted octanol–water partition coefficient (Wildman–Crippen LogP) is 2.93. The molecule has 2 aromatic carbocycles. The van der Waals surface area contributed by atoms with E-state index in [0.29, 0.717) is 17.1 Å². The molecule has 0 saturated carbocycles. The second-order valence-electron chi connectivity index (χ2n) is 5.93. The number of benzene rings is 2. The SMILES string of the molecule is O=C(COC(=O)C=Cc1ccc2c(c1)OCO2)Nc1ccc2c(c1)OC(F)(F)O2. The van der Waals surface area contributed by atoms with Crippen molar-refractivity contribution in [1.82, 2.24) is 0 Å². The maximum absolute atomic E-state index is 13.0. The lowest BCUT2D eigenvalue weighted by atomic mass is 10.2. The lowest BCUT2D eigenvalue weighted by Gasteiger charge is -2.06. The zero-order valence-electron chi connectivity index (χ0n) is 14.6. The van der Waals surface area contributed by atoms with Gasteiger partial charge < -0.3 is 29.0 Å². The molecule has 2 heterocycles. The van der Waals surface area contributed by atoms with Crippen molar-refractivity contribution in [3.8, 4) is 23.0 Å². The first kappa shape index (κ1) is 18.5. The number of ether oxygens (including phenoxy) is 5. The number of alkyl halides is 2. The highest BCUT2D eigenvalue weighted by Gasteiger charge is 2.43. The topological polar surface area (TPSA) is 92.3 Å². The van der Waals surface area contributed by atoms with Gasteiger partial charge in [-0.3, -0.25) is 4.79 Å². The Morgan fingerprint density at radius 3 is 2.66 bits per heavy atom. The number of fused-ring (bicyclic) bond motifs is 2. The molecule has 1 amide bonds. The molecule has 2 aromatic rings. The zero-order chi connectivity index (χ0) is 20.4. The summed E-state index contributed by atoms with van der Waals surface area (Å²) in [7, 11) is 0. The zero-order valence-corrected chi connectivity index (χ0v) is 14.6. The van der Waals surface area contributed by atoms with Gasteiger partial charge in [0.2, 0.25) is 6.79 Å². The molecular formula is C19H13F2NO7. The fourth-order valence-electron chi connectivity index (χ4n) is 2.59. The van der Waals surface area contributed by atoms with Gasteiger partial charge in [0.1, 0.15) is 0 Å². The third kappa shape index (κ3) is 4.37. The van der Waals surface area contributed by atoms with E-state index >= 15 is 0 Å². The van der Waals surface area contributed by atoms with Crippen LogP contribution >= 0.6 is 0 Å². The third-order valence-electron chi connectivity index (χ3n) is 3.84. The minimum Gasteiger partial charge on any atom is -0.454 e. The van der Waals surface area contributed by atoms with Crippen molar-refractivity contribution in [3.05, 3.63) is 48.0 Å². The number of anilines is 1. The van der Waals surface area contributed by atoms with Gasteiger partial charge in [-0.2, -0.15) is 0 Å². The van der Waals surface area contributed by atoms with Crippen LogP contribution < -0.4 is 24.3 Å². The normalized spacial score (nSPS) is 15.4. The summed E-state index contributed by atoms with van der Waals surface area (Å²) >= 11 is 0. The minimum absolute atomic E-state index is 0.144. The first-order valence-electron chi connectivity index (χ1n) is 8.32. The Labute approximate surface area is 162 Å². The molecule has 0 spiro atoms. The largest absolute Gasteiger partial charge is 0.586 e. The smallest absolute Gasteiger partial charge is 0.454 e. The van der Waals surface area contributed by atoms with Gasteiger partial charge in [0.15, 0.2) is 29.6 Å². The fourth-order valence-corrected chi connectivity index (χ4v) is 2.59. The first-order valence-corrected chi connectivity index (χ1v) is 8.32. The quantitative estimate of drug-likeness (QED) is 0.604. The lowest BCUT2D eigenvalue weighted by molar-refractivity contribution is -0.286. The van der Waals surface area contributed by atoms with Crippen LogP contribution in [-0.4, -0.2) is 31.6 Å². The van der Waals surface area contributed by atoms with E-state index in [2.05, 4.69) is 14.8 Å². The summed E-state index contributed by atoms with van der Waals surface area (Å²) in [6, 6.07) is 8.89. The Bertz CT molecular complexity index is 1010. The Kier molecular flexibility index (Phi) is 4.67. The maximum atomic E-state index is 13.0. The molecule has 150 valence electrons. The summed E-state index contributed by atoms with van der Waals surface area (Å²) in [5.74, 6) is -0.553. The first-order chi connectivity index (χ1) is 13.9. The summed E-state index contributed by atoms with van der Waals surface area (Å²) in [4.78, 5) is 23.7. The van der Waals surface area contributed by atoms with Gasteiger partial charge in [0, 0.05) is 17.8 Å². The van der Waals surface area contributed by atoms with Gasteiger partial charge in [-0.05, 0) is 35.9 Å². The van der Waals surface area contributed by atoms with E-state index < -0.39 is 24.8 Å². The molecule has 2 aliphatic heterocycles. The van der Waals surface area contributed by atoms with Gasteiger partial charge in [0.25, 0.3) is 5.91 Å². The number of hydrogen-bond acceptors (Lipinski definition) is 7. The summed E-state index contributed by atoms with van der Waals surface area (Å²) in [5.41, 5.74) is 0.870. The van der Waals surface area contributed by atoms with Crippen molar-refractivity contribution >= 4 is 23.6 Å². The molecule has 10 heteroatoms. The maximum Gasteiger partial charge on any atom is 0.586 e.